The van der Waals surface area contributed by atoms with Gasteiger partial charge in [-0.15, -0.1) is 11.3 Å². The predicted octanol–water partition coefficient (Wildman–Crippen LogP) is 5.31. The summed E-state index contributed by atoms with van der Waals surface area (Å²) in [6.45, 7) is 9.61. The van der Waals surface area contributed by atoms with Crippen LogP contribution in [-0.2, 0) is 4.79 Å². The zero-order valence-corrected chi connectivity index (χ0v) is 18.8. The van der Waals surface area contributed by atoms with Crippen LogP contribution in [0.4, 0.5) is 5.13 Å². The number of anilines is 1. The molecule has 1 aromatic heterocycles. The molecule has 0 spiro atoms. The minimum Gasteiger partial charge on any atom is -0.324 e. The first-order valence-corrected chi connectivity index (χ1v) is 10.7. The van der Waals surface area contributed by atoms with E-state index in [4.69, 9.17) is 0 Å². The summed E-state index contributed by atoms with van der Waals surface area (Å²) in [6, 6.07) is 17.5. The zero-order chi connectivity index (χ0) is 21.9. The van der Waals surface area contributed by atoms with Gasteiger partial charge in [-0.2, -0.15) is 0 Å². The van der Waals surface area contributed by atoms with Gasteiger partial charge in [0.25, 0.3) is 5.91 Å². The summed E-state index contributed by atoms with van der Waals surface area (Å²) >= 11 is 1.44. The number of benzene rings is 2. The van der Waals surface area contributed by atoms with Crippen molar-refractivity contribution in [1.29, 1.82) is 0 Å². The van der Waals surface area contributed by atoms with Crippen molar-refractivity contribution >= 4 is 28.3 Å². The highest BCUT2D eigenvalue weighted by Crippen LogP contribution is 2.23. The standard InChI is InChI=1S/C24H27N3O2S/c1-16-17(2)30-23(25-16)26-21(28)15-27(24(3,4)5)22(29)20-13-11-19(12-14-20)18-9-7-6-8-10-18/h6-14H,15H2,1-5H3,(H,25,26,28). The Labute approximate surface area is 181 Å². The Kier molecular flexibility index (Phi) is 6.37. The summed E-state index contributed by atoms with van der Waals surface area (Å²) in [5.74, 6) is -0.434. The van der Waals surface area contributed by atoms with Crippen LogP contribution >= 0.6 is 11.3 Å². The van der Waals surface area contributed by atoms with Crippen molar-refractivity contribution in [2.75, 3.05) is 11.9 Å². The quantitative estimate of drug-likeness (QED) is 0.607. The molecule has 3 aromatic rings. The van der Waals surface area contributed by atoms with Crippen LogP contribution in [0.5, 0.6) is 0 Å². The SMILES string of the molecule is Cc1nc(NC(=O)CN(C(=O)c2ccc(-c3ccccc3)cc2)C(C)(C)C)sc1C. The Hall–Kier alpha value is -2.99. The number of nitrogens with one attached hydrogen (secondary N) is 1. The third-order valence-electron chi connectivity index (χ3n) is 4.87. The fourth-order valence-electron chi connectivity index (χ4n) is 3.03. The summed E-state index contributed by atoms with van der Waals surface area (Å²) in [5, 5.41) is 3.38. The summed E-state index contributed by atoms with van der Waals surface area (Å²) < 4.78 is 0. The Morgan fingerprint density at radius 2 is 1.57 bits per heavy atom. The highest BCUT2D eigenvalue weighted by atomic mass is 32.1. The second-order valence-corrected chi connectivity index (χ2v) is 9.42. The van der Waals surface area contributed by atoms with Gasteiger partial charge in [-0.25, -0.2) is 4.98 Å². The first kappa shape index (κ1) is 21.7. The highest BCUT2D eigenvalue weighted by Gasteiger charge is 2.29. The number of nitrogens with zero attached hydrogens (tertiary/aromatic N) is 2. The lowest BCUT2D eigenvalue weighted by molar-refractivity contribution is -0.117. The van der Waals surface area contributed by atoms with E-state index in [9.17, 15) is 9.59 Å². The molecule has 0 saturated carbocycles. The maximum Gasteiger partial charge on any atom is 0.254 e. The van der Waals surface area contributed by atoms with Crippen molar-refractivity contribution < 1.29 is 9.59 Å². The molecule has 6 heteroatoms. The monoisotopic (exact) mass is 421 g/mol. The van der Waals surface area contributed by atoms with Gasteiger partial charge in [-0.1, -0.05) is 42.5 Å². The van der Waals surface area contributed by atoms with Gasteiger partial charge < -0.3 is 10.2 Å². The summed E-state index contributed by atoms with van der Waals surface area (Å²) in [6.07, 6.45) is 0. The summed E-state index contributed by atoms with van der Waals surface area (Å²) in [4.78, 5) is 32.8. The van der Waals surface area contributed by atoms with E-state index in [0.717, 1.165) is 21.7 Å². The predicted molar refractivity (Wildman–Crippen MR) is 123 cm³/mol. The van der Waals surface area contributed by atoms with E-state index in [1.807, 2.05) is 89.2 Å². The molecule has 0 fully saturated rings. The minimum absolute atomic E-state index is 0.0412. The molecule has 0 aliphatic carbocycles. The molecule has 0 aliphatic heterocycles. The molecule has 1 heterocycles. The molecule has 2 aromatic carbocycles. The molecular formula is C24H27N3O2S. The average Bonchev–Trinajstić information content (AvgIpc) is 3.02. The van der Waals surface area contributed by atoms with Gasteiger partial charge in [0.1, 0.15) is 6.54 Å². The van der Waals surface area contributed by atoms with E-state index in [2.05, 4.69) is 10.3 Å². The van der Waals surface area contributed by atoms with Crippen molar-refractivity contribution in [2.24, 2.45) is 0 Å². The zero-order valence-electron chi connectivity index (χ0n) is 18.0. The molecular weight excluding hydrogens is 394 g/mol. The second kappa shape index (κ2) is 8.79. The molecule has 0 aliphatic rings. The fourth-order valence-corrected chi connectivity index (χ4v) is 3.86. The van der Waals surface area contributed by atoms with Crippen molar-refractivity contribution in [3.05, 3.63) is 70.7 Å². The van der Waals surface area contributed by atoms with Crippen LogP contribution in [0.2, 0.25) is 0 Å². The van der Waals surface area contributed by atoms with Crippen molar-refractivity contribution in [1.82, 2.24) is 9.88 Å². The van der Waals surface area contributed by atoms with Gasteiger partial charge in [0.05, 0.1) is 5.69 Å². The van der Waals surface area contributed by atoms with Crippen LogP contribution < -0.4 is 5.32 Å². The van der Waals surface area contributed by atoms with E-state index < -0.39 is 5.54 Å². The average molecular weight is 422 g/mol. The number of rotatable bonds is 5. The van der Waals surface area contributed by atoms with Crippen LogP contribution in [0.25, 0.3) is 11.1 Å². The van der Waals surface area contributed by atoms with E-state index in [1.165, 1.54) is 11.3 Å². The van der Waals surface area contributed by atoms with Gasteiger partial charge in [0, 0.05) is 16.0 Å². The molecule has 0 saturated heterocycles. The topological polar surface area (TPSA) is 62.3 Å². The molecule has 1 N–H and O–H groups in total. The van der Waals surface area contributed by atoms with Crippen LogP contribution in [0.3, 0.4) is 0 Å². The maximum absolute atomic E-state index is 13.2. The normalized spacial score (nSPS) is 11.2. The Bertz CT molecular complexity index is 1020. The van der Waals surface area contributed by atoms with Crippen molar-refractivity contribution in [3.63, 3.8) is 0 Å². The smallest absolute Gasteiger partial charge is 0.254 e. The number of amides is 2. The number of carbonyl (C=O) groups excluding carboxylic acids is 2. The Balaban J connectivity index is 1.76. The molecule has 0 radical (unpaired) electrons. The minimum atomic E-state index is -0.513. The maximum atomic E-state index is 13.2. The first-order chi connectivity index (χ1) is 14.1. The first-order valence-electron chi connectivity index (χ1n) is 9.86. The highest BCUT2D eigenvalue weighted by molar-refractivity contribution is 7.15. The summed E-state index contributed by atoms with van der Waals surface area (Å²) in [7, 11) is 0. The van der Waals surface area contributed by atoms with E-state index >= 15 is 0 Å². The van der Waals surface area contributed by atoms with Gasteiger partial charge in [0.15, 0.2) is 5.13 Å². The molecule has 30 heavy (non-hydrogen) atoms. The van der Waals surface area contributed by atoms with Gasteiger partial charge in [-0.05, 0) is 57.9 Å². The molecule has 0 unspecified atom stereocenters. The second-order valence-electron chi connectivity index (χ2n) is 8.21. The molecule has 2 amide bonds. The number of thiazole rings is 1. The third kappa shape index (κ3) is 5.13. The third-order valence-corrected chi connectivity index (χ3v) is 5.86. The Morgan fingerprint density at radius 3 is 2.10 bits per heavy atom. The number of hydrogen-bond acceptors (Lipinski definition) is 4. The van der Waals surface area contributed by atoms with Crippen LogP contribution in [0, 0.1) is 13.8 Å². The number of hydrogen-bond donors (Lipinski definition) is 1. The van der Waals surface area contributed by atoms with Crippen LogP contribution in [-0.4, -0.2) is 33.8 Å². The molecule has 156 valence electrons. The summed E-state index contributed by atoms with van der Waals surface area (Å²) in [5.41, 5.74) is 3.08. The van der Waals surface area contributed by atoms with Crippen molar-refractivity contribution in [2.45, 2.75) is 40.2 Å². The van der Waals surface area contributed by atoms with Crippen LogP contribution in [0.15, 0.2) is 54.6 Å². The number of aryl methyl sites for hydroxylation is 2. The fraction of sp³-hybridized carbons (Fsp3) is 0.292. The lowest BCUT2D eigenvalue weighted by Crippen LogP contribution is -2.49. The molecule has 0 atom stereocenters. The van der Waals surface area contributed by atoms with Gasteiger partial charge in [0.2, 0.25) is 5.91 Å². The van der Waals surface area contributed by atoms with Crippen molar-refractivity contribution in [3.8, 4) is 11.1 Å². The Morgan fingerprint density at radius 1 is 0.967 bits per heavy atom. The van der Waals surface area contributed by atoms with Gasteiger partial charge in [-0.3, -0.25) is 9.59 Å². The largest absolute Gasteiger partial charge is 0.324 e. The molecule has 5 nitrogen and oxygen atoms in total. The number of aromatic nitrogens is 1. The van der Waals surface area contributed by atoms with E-state index in [0.29, 0.717) is 10.7 Å². The molecule has 3 rings (SSSR count). The lowest BCUT2D eigenvalue weighted by Gasteiger charge is -2.35. The van der Waals surface area contributed by atoms with E-state index in [1.54, 1.807) is 4.90 Å². The van der Waals surface area contributed by atoms with Gasteiger partial charge >= 0.3 is 0 Å². The lowest BCUT2D eigenvalue weighted by atomic mass is 10.0. The van der Waals surface area contributed by atoms with E-state index in [-0.39, 0.29) is 18.4 Å². The van der Waals surface area contributed by atoms with Crippen LogP contribution in [0.1, 0.15) is 41.7 Å². The number of carbonyl (C=O) groups is 2. The molecule has 0 bridgehead atoms.